The number of hydrogen-bond acceptors (Lipinski definition) is 4. The lowest BCUT2D eigenvalue weighted by Crippen LogP contribution is -2.57. The summed E-state index contributed by atoms with van der Waals surface area (Å²) in [5.41, 5.74) is 0.124. The zero-order valence-electron chi connectivity index (χ0n) is 11.4. The van der Waals surface area contributed by atoms with Gasteiger partial charge in [0.25, 0.3) is 0 Å². The molecule has 1 aromatic rings. The highest BCUT2D eigenvalue weighted by molar-refractivity contribution is 6.06. The van der Waals surface area contributed by atoms with Crippen LogP contribution < -0.4 is 0 Å². The minimum Gasteiger partial charge on any atom is -0.460 e. The molecule has 4 rings (SSSR count). The number of epoxide rings is 1. The van der Waals surface area contributed by atoms with E-state index in [2.05, 4.69) is 6.92 Å². The molecule has 0 bridgehead atoms. The van der Waals surface area contributed by atoms with Crippen molar-refractivity contribution in [2.45, 2.75) is 51.4 Å². The maximum Gasteiger partial charge on any atom is 0.233 e. The normalized spacial score (nSPS) is 47.4. The van der Waals surface area contributed by atoms with Crippen LogP contribution in [0.4, 0.5) is 0 Å². The van der Waals surface area contributed by atoms with Crippen molar-refractivity contribution in [3.05, 3.63) is 23.2 Å². The average molecular weight is 262 g/mol. The quantitative estimate of drug-likeness (QED) is 0.729. The lowest BCUT2D eigenvalue weighted by atomic mass is 9.53. The van der Waals surface area contributed by atoms with Crippen LogP contribution in [0, 0.1) is 18.3 Å². The van der Waals surface area contributed by atoms with Gasteiger partial charge in [-0.2, -0.15) is 0 Å². The standard InChI is InChI=1S/C15H18O4/c1-7-6-18-11-10(7)12(16)14(3)8(2)4-5-9-15(14,19-9)13(11)17/h6,8-9,12,16H,4-5H2,1-3H3. The van der Waals surface area contributed by atoms with Crippen LogP contribution in [0.3, 0.4) is 0 Å². The van der Waals surface area contributed by atoms with Gasteiger partial charge in [0.1, 0.15) is 0 Å². The lowest BCUT2D eigenvalue weighted by Gasteiger charge is -2.48. The number of Topliss-reactive ketones (excluding diaryl/α,β-unsaturated/α-hetero) is 1. The summed E-state index contributed by atoms with van der Waals surface area (Å²) in [4.78, 5) is 12.8. The van der Waals surface area contributed by atoms with Crippen LogP contribution in [-0.2, 0) is 4.74 Å². The third-order valence-electron chi connectivity index (χ3n) is 5.82. The van der Waals surface area contributed by atoms with Crippen molar-refractivity contribution in [1.82, 2.24) is 0 Å². The number of carbonyl (C=O) groups excluding carboxylic acids is 1. The summed E-state index contributed by atoms with van der Waals surface area (Å²) < 4.78 is 11.2. The summed E-state index contributed by atoms with van der Waals surface area (Å²) in [5, 5.41) is 10.9. The van der Waals surface area contributed by atoms with Crippen molar-refractivity contribution in [2.75, 3.05) is 0 Å². The number of hydrogen-bond donors (Lipinski definition) is 1. The molecule has 1 saturated heterocycles. The number of furan rings is 1. The van der Waals surface area contributed by atoms with Gasteiger partial charge in [0.2, 0.25) is 5.78 Å². The average Bonchev–Trinajstić information content (AvgIpc) is 3.01. The fraction of sp³-hybridized carbons (Fsp3) is 0.667. The molecule has 1 spiro atoms. The van der Waals surface area contributed by atoms with Gasteiger partial charge in [0, 0.05) is 11.0 Å². The van der Waals surface area contributed by atoms with Crippen LogP contribution in [0.5, 0.6) is 0 Å². The largest absolute Gasteiger partial charge is 0.460 e. The van der Waals surface area contributed by atoms with Crippen molar-refractivity contribution in [2.24, 2.45) is 11.3 Å². The zero-order valence-corrected chi connectivity index (χ0v) is 11.4. The summed E-state index contributed by atoms with van der Waals surface area (Å²) in [5.74, 6) is 0.478. The molecule has 19 heavy (non-hydrogen) atoms. The summed E-state index contributed by atoms with van der Waals surface area (Å²) in [7, 11) is 0. The van der Waals surface area contributed by atoms with E-state index in [1.54, 1.807) is 6.26 Å². The van der Waals surface area contributed by atoms with Crippen LogP contribution in [-0.4, -0.2) is 22.6 Å². The summed E-state index contributed by atoms with van der Waals surface area (Å²) in [6.45, 7) is 5.98. The molecule has 5 atom stereocenters. The Morgan fingerprint density at radius 2 is 2.16 bits per heavy atom. The second-order valence-corrected chi connectivity index (χ2v) is 6.50. The molecule has 1 aliphatic heterocycles. The summed E-state index contributed by atoms with van der Waals surface area (Å²) in [6, 6.07) is 0. The van der Waals surface area contributed by atoms with Crippen LogP contribution in [0.15, 0.2) is 10.7 Å². The molecule has 4 heteroatoms. The minimum atomic E-state index is -0.846. The van der Waals surface area contributed by atoms with E-state index in [1.165, 1.54) is 0 Å². The van der Waals surface area contributed by atoms with Gasteiger partial charge >= 0.3 is 0 Å². The molecule has 2 aliphatic carbocycles. The number of fused-ring (bicyclic) bond motifs is 1. The zero-order chi connectivity index (χ0) is 13.6. The van der Waals surface area contributed by atoms with E-state index in [0.717, 1.165) is 18.4 Å². The van der Waals surface area contributed by atoms with E-state index in [0.29, 0.717) is 11.3 Å². The fourth-order valence-electron chi connectivity index (χ4n) is 4.35. The first-order valence-electron chi connectivity index (χ1n) is 6.93. The fourth-order valence-corrected chi connectivity index (χ4v) is 4.35. The SMILES string of the molecule is Cc1coc2c1C(O)C1(C)C(C)CCC3OC31C2=O. The smallest absolute Gasteiger partial charge is 0.233 e. The number of carbonyl (C=O) groups is 1. The van der Waals surface area contributed by atoms with Gasteiger partial charge in [0.05, 0.1) is 18.5 Å². The monoisotopic (exact) mass is 262 g/mol. The van der Waals surface area contributed by atoms with Crippen molar-refractivity contribution in [3.63, 3.8) is 0 Å². The third kappa shape index (κ3) is 1.01. The second-order valence-electron chi connectivity index (χ2n) is 6.50. The molecule has 0 aromatic carbocycles. The lowest BCUT2D eigenvalue weighted by molar-refractivity contribution is -0.0676. The van der Waals surface area contributed by atoms with Gasteiger partial charge in [-0.25, -0.2) is 0 Å². The molecule has 102 valence electrons. The van der Waals surface area contributed by atoms with Gasteiger partial charge < -0.3 is 14.3 Å². The van der Waals surface area contributed by atoms with E-state index in [-0.39, 0.29) is 17.8 Å². The topological polar surface area (TPSA) is 63.0 Å². The molecule has 2 heterocycles. The Balaban J connectivity index is 1.99. The van der Waals surface area contributed by atoms with Gasteiger partial charge in [-0.15, -0.1) is 0 Å². The Hall–Kier alpha value is -1.13. The van der Waals surface area contributed by atoms with E-state index in [9.17, 15) is 9.90 Å². The van der Waals surface area contributed by atoms with E-state index in [1.807, 2.05) is 13.8 Å². The van der Waals surface area contributed by atoms with Crippen molar-refractivity contribution in [1.29, 1.82) is 0 Å². The van der Waals surface area contributed by atoms with Gasteiger partial charge in [0.15, 0.2) is 11.4 Å². The Labute approximate surface area is 111 Å². The summed E-state index contributed by atoms with van der Waals surface area (Å²) in [6.07, 6.45) is 2.70. The van der Waals surface area contributed by atoms with Crippen molar-refractivity contribution < 1.29 is 19.1 Å². The highest BCUT2D eigenvalue weighted by Gasteiger charge is 2.79. The molecule has 3 aliphatic rings. The molecule has 2 fully saturated rings. The van der Waals surface area contributed by atoms with Crippen LogP contribution in [0.2, 0.25) is 0 Å². The van der Waals surface area contributed by atoms with E-state index < -0.39 is 17.1 Å². The molecule has 1 saturated carbocycles. The number of aliphatic hydroxyl groups excluding tert-OH is 1. The number of rotatable bonds is 0. The molecular weight excluding hydrogens is 244 g/mol. The van der Waals surface area contributed by atoms with E-state index >= 15 is 0 Å². The molecule has 4 nitrogen and oxygen atoms in total. The highest BCUT2D eigenvalue weighted by atomic mass is 16.6. The molecule has 0 amide bonds. The van der Waals surface area contributed by atoms with Crippen LogP contribution in [0.25, 0.3) is 0 Å². The highest BCUT2D eigenvalue weighted by Crippen LogP contribution is 2.68. The Bertz CT molecular complexity index is 589. The molecule has 5 unspecified atom stereocenters. The van der Waals surface area contributed by atoms with Gasteiger partial charge in [-0.05, 0) is 31.2 Å². The second kappa shape index (κ2) is 3.13. The predicted molar refractivity (Wildman–Crippen MR) is 66.8 cm³/mol. The Kier molecular flexibility index (Phi) is 1.92. The van der Waals surface area contributed by atoms with Gasteiger partial charge in [-0.1, -0.05) is 13.8 Å². The van der Waals surface area contributed by atoms with Crippen molar-refractivity contribution in [3.8, 4) is 0 Å². The number of ether oxygens (including phenoxy) is 1. The third-order valence-corrected chi connectivity index (χ3v) is 5.82. The van der Waals surface area contributed by atoms with E-state index in [4.69, 9.17) is 9.15 Å². The first-order valence-corrected chi connectivity index (χ1v) is 6.93. The first-order chi connectivity index (χ1) is 8.94. The number of ketones is 1. The van der Waals surface area contributed by atoms with Crippen LogP contribution >= 0.6 is 0 Å². The van der Waals surface area contributed by atoms with Gasteiger partial charge in [-0.3, -0.25) is 4.79 Å². The van der Waals surface area contributed by atoms with Crippen molar-refractivity contribution >= 4 is 5.78 Å². The minimum absolute atomic E-state index is 0.0468. The first kappa shape index (κ1) is 11.7. The van der Waals surface area contributed by atoms with Crippen LogP contribution in [0.1, 0.15) is 54.5 Å². The molecular formula is C15H18O4. The molecule has 1 N–H and O–H groups in total. The summed E-state index contributed by atoms with van der Waals surface area (Å²) >= 11 is 0. The maximum absolute atomic E-state index is 12.8. The molecule has 0 radical (unpaired) electrons. The number of aliphatic hydroxyl groups is 1. The molecule has 1 aromatic heterocycles. The Morgan fingerprint density at radius 1 is 1.42 bits per heavy atom. The predicted octanol–water partition coefficient (Wildman–Crippen LogP) is 2.39. The maximum atomic E-state index is 12.8. The Morgan fingerprint density at radius 3 is 2.89 bits per heavy atom. The number of aryl methyl sites for hydroxylation is 1.